The van der Waals surface area contributed by atoms with Gasteiger partial charge in [-0.2, -0.15) is 0 Å². The Morgan fingerprint density at radius 1 is 1.18 bits per heavy atom. The summed E-state index contributed by atoms with van der Waals surface area (Å²) in [5, 5.41) is 9.75. The zero-order valence-electron chi connectivity index (χ0n) is 9.27. The zero-order valence-corrected chi connectivity index (χ0v) is 10.0. The van der Waals surface area contributed by atoms with Gasteiger partial charge in [0.2, 0.25) is 0 Å². The van der Waals surface area contributed by atoms with Crippen molar-refractivity contribution in [2.24, 2.45) is 0 Å². The van der Waals surface area contributed by atoms with Gasteiger partial charge in [-0.15, -0.1) is 0 Å². The van der Waals surface area contributed by atoms with Crippen molar-refractivity contribution in [3.05, 3.63) is 52.5 Å². The van der Waals surface area contributed by atoms with E-state index >= 15 is 0 Å². The Bertz CT molecular complexity index is 576. The molecule has 17 heavy (non-hydrogen) atoms. The molecular formula is C14H11ClO2. The summed E-state index contributed by atoms with van der Waals surface area (Å²) in [6.07, 6.45) is 0.598. The minimum Gasteiger partial charge on any atom is -0.506 e. The van der Waals surface area contributed by atoms with Gasteiger partial charge in [0.15, 0.2) is 6.29 Å². The average Bonchev–Trinajstić information content (AvgIpc) is 2.32. The molecule has 0 radical (unpaired) electrons. The number of aryl methyl sites for hydroxylation is 1. The largest absolute Gasteiger partial charge is 0.506 e. The van der Waals surface area contributed by atoms with Crippen LogP contribution in [0.5, 0.6) is 5.75 Å². The minimum atomic E-state index is -0.168. The van der Waals surface area contributed by atoms with Crippen LogP contribution < -0.4 is 0 Å². The van der Waals surface area contributed by atoms with Crippen molar-refractivity contribution in [1.82, 2.24) is 0 Å². The van der Waals surface area contributed by atoms with Gasteiger partial charge in [0.1, 0.15) is 5.75 Å². The molecule has 0 saturated carbocycles. The third kappa shape index (κ3) is 2.32. The van der Waals surface area contributed by atoms with Gasteiger partial charge in [-0.25, -0.2) is 0 Å². The van der Waals surface area contributed by atoms with Crippen LogP contribution in [0.15, 0.2) is 36.4 Å². The lowest BCUT2D eigenvalue weighted by molar-refractivity contribution is 0.112. The number of hydrogen-bond acceptors (Lipinski definition) is 2. The molecule has 2 nitrogen and oxygen atoms in total. The second-order valence-corrected chi connectivity index (χ2v) is 4.29. The fourth-order valence-electron chi connectivity index (χ4n) is 1.70. The molecule has 0 saturated heterocycles. The number of phenolic OH excluding ortho intramolecular Hbond substituents is 1. The topological polar surface area (TPSA) is 37.3 Å². The smallest absolute Gasteiger partial charge is 0.153 e. The highest BCUT2D eigenvalue weighted by molar-refractivity contribution is 6.32. The molecule has 1 N–H and O–H groups in total. The summed E-state index contributed by atoms with van der Waals surface area (Å²) in [7, 11) is 0. The van der Waals surface area contributed by atoms with E-state index in [1.54, 1.807) is 12.1 Å². The predicted octanol–water partition coefficient (Wildman–Crippen LogP) is 3.83. The Morgan fingerprint density at radius 2 is 1.94 bits per heavy atom. The molecular weight excluding hydrogens is 236 g/mol. The summed E-state index contributed by atoms with van der Waals surface area (Å²) in [5.41, 5.74) is 3.11. The first kappa shape index (κ1) is 11.7. The molecule has 0 fully saturated rings. The van der Waals surface area contributed by atoms with E-state index < -0.39 is 0 Å². The molecule has 0 spiro atoms. The maximum Gasteiger partial charge on any atom is 0.153 e. The summed E-state index contributed by atoms with van der Waals surface area (Å²) >= 11 is 5.88. The van der Waals surface area contributed by atoms with Crippen molar-refractivity contribution in [2.75, 3.05) is 0 Å². The summed E-state index contributed by atoms with van der Waals surface area (Å²) in [6.45, 7) is 1.99. The summed E-state index contributed by atoms with van der Waals surface area (Å²) < 4.78 is 0. The van der Waals surface area contributed by atoms with Crippen LogP contribution in [0.1, 0.15) is 15.9 Å². The second-order valence-electron chi connectivity index (χ2n) is 3.88. The van der Waals surface area contributed by atoms with Gasteiger partial charge < -0.3 is 5.11 Å². The van der Waals surface area contributed by atoms with Crippen molar-refractivity contribution >= 4 is 17.9 Å². The normalized spacial score (nSPS) is 10.2. The monoisotopic (exact) mass is 246 g/mol. The van der Waals surface area contributed by atoms with Gasteiger partial charge in [-0.05, 0) is 30.2 Å². The van der Waals surface area contributed by atoms with E-state index in [2.05, 4.69) is 0 Å². The lowest BCUT2D eigenvalue weighted by Gasteiger charge is -2.07. The van der Waals surface area contributed by atoms with Gasteiger partial charge in [0, 0.05) is 0 Å². The van der Waals surface area contributed by atoms with E-state index in [0.717, 1.165) is 16.7 Å². The van der Waals surface area contributed by atoms with Crippen LogP contribution in [0, 0.1) is 6.92 Å². The molecule has 0 amide bonds. The summed E-state index contributed by atoms with van der Waals surface area (Å²) in [5.74, 6) is -0.168. The third-order valence-corrected chi connectivity index (χ3v) is 2.86. The number of carbonyl (C=O) groups is 1. The Morgan fingerprint density at radius 3 is 2.59 bits per heavy atom. The van der Waals surface area contributed by atoms with E-state index in [9.17, 15) is 9.90 Å². The maximum absolute atomic E-state index is 10.8. The molecule has 2 aromatic carbocycles. The minimum absolute atomic E-state index is 0.168. The molecule has 0 heterocycles. The van der Waals surface area contributed by atoms with Crippen LogP contribution >= 0.6 is 11.6 Å². The Kier molecular flexibility index (Phi) is 3.16. The van der Waals surface area contributed by atoms with Crippen molar-refractivity contribution < 1.29 is 9.90 Å². The molecule has 0 atom stereocenters. The molecule has 2 aromatic rings. The first-order chi connectivity index (χ1) is 8.11. The molecule has 3 heteroatoms. The SMILES string of the molecule is Cc1cccc(-c2cc(Cl)c(O)c(C=O)c2)c1. The lowest BCUT2D eigenvalue weighted by Crippen LogP contribution is -1.86. The van der Waals surface area contributed by atoms with E-state index in [-0.39, 0.29) is 16.3 Å². The van der Waals surface area contributed by atoms with Crippen LogP contribution in [0.3, 0.4) is 0 Å². The molecule has 0 aliphatic heterocycles. The molecule has 86 valence electrons. The number of aromatic hydroxyl groups is 1. The van der Waals surface area contributed by atoms with Gasteiger partial charge >= 0.3 is 0 Å². The predicted molar refractivity (Wildman–Crippen MR) is 68.7 cm³/mol. The molecule has 0 unspecified atom stereocenters. The Balaban J connectivity index is 2.60. The van der Waals surface area contributed by atoms with Gasteiger partial charge in [-0.3, -0.25) is 4.79 Å². The van der Waals surface area contributed by atoms with Gasteiger partial charge in [0.25, 0.3) is 0 Å². The fraction of sp³-hybridized carbons (Fsp3) is 0.0714. The van der Waals surface area contributed by atoms with Gasteiger partial charge in [0.05, 0.1) is 10.6 Å². The highest BCUT2D eigenvalue weighted by Crippen LogP contribution is 2.32. The van der Waals surface area contributed by atoms with Gasteiger partial charge in [-0.1, -0.05) is 41.4 Å². The number of benzene rings is 2. The second kappa shape index (κ2) is 4.60. The van der Waals surface area contributed by atoms with E-state index in [4.69, 9.17) is 11.6 Å². The molecule has 0 aliphatic carbocycles. The summed E-state index contributed by atoms with van der Waals surface area (Å²) in [4.78, 5) is 10.8. The number of hydrogen-bond donors (Lipinski definition) is 1. The Hall–Kier alpha value is -1.80. The summed E-state index contributed by atoms with van der Waals surface area (Å²) in [6, 6.07) is 11.1. The van der Waals surface area contributed by atoms with Crippen molar-refractivity contribution in [1.29, 1.82) is 0 Å². The Labute approximate surface area is 104 Å². The van der Waals surface area contributed by atoms with Crippen LogP contribution in [-0.2, 0) is 0 Å². The van der Waals surface area contributed by atoms with Crippen LogP contribution in [-0.4, -0.2) is 11.4 Å². The van der Waals surface area contributed by atoms with Crippen molar-refractivity contribution in [3.8, 4) is 16.9 Å². The maximum atomic E-state index is 10.8. The van der Waals surface area contributed by atoms with Crippen LogP contribution in [0.4, 0.5) is 0 Å². The molecule has 2 rings (SSSR count). The number of phenols is 1. The number of rotatable bonds is 2. The lowest BCUT2D eigenvalue weighted by atomic mass is 10.0. The molecule has 0 aromatic heterocycles. The first-order valence-corrected chi connectivity index (χ1v) is 5.54. The van der Waals surface area contributed by atoms with Crippen LogP contribution in [0.25, 0.3) is 11.1 Å². The van der Waals surface area contributed by atoms with Crippen molar-refractivity contribution in [3.63, 3.8) is 0 Å². The van der Waals surface area contributed by atoms with Crippen LogP contribution in [0.2, 0.25) is 5.02 Å². The van der Waals surface area contributed by atoms with E-state index in [0.29, 0.717) is 6.29 Å². The first-order valence-electron chi connectivity index (χ1n) is 5.16. The molecule has 0 aliphatic rings. The molecule has 0 bridgehead atoms. The number of aldehydes is 1. The van der Waals surface area contributed by atoms with Crippen molar-refractivity contribution in [2.45, 2.75) is 6.92 Å². The number of halogens is 1. The highest BCUT2D eigenvalue weighted by atomic mass is 35.5. The van der Waals surface area contributed by atoms with E-state index in [1.165, 1.54) is 0 Å². The highest BCUT2D eigenvalue weighted by Gasteiger charge is 2.09. The fourth-order valence-corrected chi connectivity index (χ4v) is 1.93. The average molecular weight is 247 g/mol. The third-order valence-electron chi connectivity index (χ3n) is 2.57. The number of carbonyl (C=O) groups excluding carboxylic acids is 1. The van der Waals surface area contributed by atoms with E-state index in [1.807, 2.05) is 31.2 Å². The standard InChI is InChI=1S/C14H11ClO2/c1-9-3-2-4-10(5-9)11-6-12(8-16)14(17)13(15)7-11/h2-8,17H,1H3. The zero-order chi connectivity index (χ0) is 12.4. The quantitative estimate of drug-likeness (QED) is 0.818.